The van der Waals surface area contributed by atoms with Gasteiger partial charge in [-0.2, -0.15) is 0 Å². The van der Waals surface area contributed by atoms with Crippen LogP contribution in [0.3, 0.4) is 0 Å². The quantitative estimate of drug-likeness (QED) is 0.704. The largest absolute Gasteiger partial charge is 0.497 e. The van der Waals surface area contributed by atoms with E-state index in [1.165, 1.54) is 0 Å². The van der Waals surface area contributed by atoms with Crippen LogP contribution in [0.5, 0.6) is 5.75 Å². The van der Waals surface area contributed by atoms with Crippen molar-refractivity contribution in [2.24, 2.45) is 5.73 Å². The first-order valence-corrected chi connectivity index (χ1v) is 6.95. The van der Waals surface area contributed by atoms with Gasteiger partial charge in [0.25, 0.3) is 0 Å². The molecular formula is C13H20N2O2S. The summed E-state index contributed by atoms with van der Waals surface area (Å²) >= 11 is 1.71. The van der Waals surface area contributed by atoms with Gasteiger partial charge in [-0.1, -0.05) is 6.92 Å². The minimum absolute atomic E-state index is 0.235. The first-order valence-electron chi connectivity index (χ1n) is 5.97. The van der Waals surface area contributed by atoms with Gasteiger partial charge in [-0.25, -0.2) is 0 Å². The summed E-state index contributed by atoms with van der Waals surface area (Å²) in [4.78, 5) is 12.3. The van der Waals surface area contributed by atoms with Gasteiger partial charge in [0.1, 0.15) is 5.75 Å². The third-order valence-corrected chi connectivity index (χ3v) is 3.57. The highest BCUT2D eigenvalue weighted by Gasteiger charge is 2.12. The standard InChI is InChI=1S/C13H20N2O2S/c1-3-15-12(13(14)16)8-9-18-11-6-4-10(17-2)5-7-11/h4-7,12,15H,3,8-9H2,1-2H3,(H2,14,16). The van der Waals surface area contributed by atoms with Gasteiger partial charge in [0.2, 0.25) is 5.91 Å². The predicted molar refractivity (Wildman–Crippen MR) is 75.0 cm³/mol. The van der Waals surface area contributed by atoms with Crippen molar-refractivity contribution < 1.29 is 9.53 Å². The van der Waals surface area contributed by atoms with E-state index in [4.69, 9.17) is 10.5 Å². The number of rotatable bonds is 8. The molecule has 0 aromatic heterocycles. The minimum Gasteiger partial charge on any atom is -0.497 e. The maximum atomic E-state index is 11.1. The highest BCUT2D eigenvalue weighted by Crippen LogP contribution is 2.22. The molecule has 18 heavy (non-hydrogen) atoms. The molecule has 1 amide bonds. The Labute approximate surface area is 112 Å². The number of hydrogen-bond donors (Lipinski definition) is 2. The van der Waals surface area contributed by atoms with Gasteiger partial charge >= 0.3 is 0 Å². The highest BCUT2D eigenvalue weighted by atomic mass is 32.2. The molecule has 3 N–H and O–H groups in total. The molecule has 0 aliphatic rings. The summed E-state index contributed by atoms with van der Waals surface area (Å²) in [6, 6.07) is 7.64. The number of nitrogens with two attached hydrogens (primary N) is 1. The monoisotopic (exact) mass is 268 g/mol. The summed E-state index contributed by atoms with van der Waals surface area (Å²) in [6.07, 6.45) is 0.736. The number of benzene rings is 1. The predicted octanol–water partition coefficient (Wildman–Crippen LogP) is 1.64. The molecule has 0 aliphatic carbocycles. The Hall–Kier alpha value is -1.20. The third-order valence-electron chi connectivity index (χ3n) is 2.53. The Bertz CT molecular complexity index is 368. The van der Waals surface area contributed by atoms with Crippen molar-refractivity contribution in [1.82, 2.24) is 5.32 Å². The van der Waals surface area contributed by atoms with E-state index in [9.17, 15) is 4.79 Å². The Kier molecular flexibility index (Phi) is 6.60. The molecule has 4 nitrogen and oxygen atoms in total. The maximum absolute atomic E-state index is 11.1. The molecule has 100 valence electrons. The number of carbonyl (C=O) groups is 1. The summed E-state index contributed by atoms with van der Waals surface area (Å²) < 4.78 is 5.09. The van der Waals surface area contributed by atoms with E-state index in [-0.39, 0.29) is 11.9 Å². The topological polar surface area (TPSA) is 64.3 Å². The Balaban J connectivity index is 2.37. The van der Waals surface area contributed by atoms with Gasteiger partial charge in [-0.15, -0.1) is 11.8 Å². The number of methoxy groups -OCH3 is 1. The lowest BCUT2D eigenvalue weighted by molar-refractivity contribution is -0.120. The van der Waals surface area contributed by atoms with Gasteiger partial charge < -0.3 is 15.8 Å². The average molecular weight is 268 g/mol. The van der Waals surface area contributed by atoms with E-state index in [0.29, 0.717) is 0 Å². The highest BCUT2D eigenvalue weighted by molar-refractivity contribution is 7.99. The Morgan fingerprint density at radius 1 is 1.44 bits per heavy atom. The van der Waals surface area contributed by atoms with Crippen molar-refractivity contribution in [3.05, 3.63) is 24.3 Å². The summed E-state index contributed by atoms with van der Waals surface area (Å²) in [6.45, 7) is 2.72. The fraction of sp³-hybridized carbons (Fsp3) is 0.462. The number of nitrogens with one attached hydrogen (secondary N) is 1. The third kappa shape index (κ3) is 4.98. The van der Waals surface area contributed by atoms with Crippen LogP contribution in [-0.2, 0) is 4.79 Å². The Morgan fingerprint density at radius 2 is 2.11 bits per heavy atom. The lowest BCUT2D eigenvalue weighted by atomic mass is 10.2. The second-order valence-corrected chi connectivity index (χ2v) is 4.99. The zero-order chi connectivity index (χ0) is 13.4. The van der Waals surface area contributed by atoms with Crippen LogP contribution in [0.25, 0.3) is 0 Å². The molecular weight excluding hydrogens is 248 g/mol. The molecule has 5 heteroatoms. The molecule has 1 rings (SSSR count). The number of amides is 1. The molecule has 0 bridgehead atoms. The van der Waals surface area contributed by atoms with E-state index in [2.05, 4.69) is 5.32 Å². The molecule has 1 unspecified atom stereocenters. The number of likely N-dealkylation sites (N-methyl/N-ethyl adjacent to an activating group) is 1. The lowest BCUT2D eigenvalue weighted by Gasteiger charge is -2.13. The molecule has 0 aliphatic heterocycles. The molecule has 0 spiro atoms. The van der Waals surface area contributed by atoms with Crippen LogP contribution in [0, 0.1) is 0 Å². The normalized spacial score (nSPS) is 12.1. The van der Waals surface area contributed by atoms with Gasteiger partial charge in [-0.3, -0.25) is 4.79 Å². The second-order valence-electron chi connectivity index (χ2n) is 3.83. The smallest absolute Gasteiger partial charge is 0.234 e. The Morgan fingerprint density at radius 3 is 2.61 bits per heavy atom. The van der Waals surface area contributed by atoms with Crippen molar-refractivity contribution in [2.75, 3.05) is 19.4 Å². The summed E-state index contributed by atoms with van der Waals surface area (Å²) in [7, 11) is 1.65. The van der Waals surface area contributed by atoms with Gasteiger partial charge in [0.15, 0.2) is 0 Å². The van der Waals surface area contributed by atoms with Crippen LogP contribution in [0.15, 0.2) is 29.2 Å². The van der Waals surface area contributed by atoms with E-state index in [1.54, 1.807) is 18.9 Å². The number of thioether (sulfide) groups is 1. The first kappa shape index (κ1) is 14.9. The van der Waals surface area contributed by atoms with Crippen molar-refractivity contribution in [2.45, 2.75) is 24.3 Å². The summed E-state index contributed by atoms with van der Waals surface area (Å²) in [5, 5.41) is 3.08. The number of ether oxygens (including phenoxy) is 1. The molecule has 1 aromatic rings. The molecule has 0 saturated heterocycles. The van der Waals surface area contributed by atoms with Crippen LogP contribution >= 0.6 is 11.8 Å². The number of hydrogen-bond acceptors (Lipinski definition) is 4. The minimum atomic E-state index is -0.285. The van der Waals surface area contributed by atoms with Crippen molar-refractivity contribution in [3.63, 3.8) is 0 Å². The summed E-state index contributed by atoms with van der Waals surface area (Å²) in [5.41, 5.74) is 5.31. The molecule has 0 radical (unpaired) electrons. The average Bonchev–Trinajstić information content (AvgIpc) is 2.38. The van der Waals surface area contributed by atoms with Crippen molar-refractivity contribution in [3.8, 4) is 5.75 Å². The van der Waals surface area contributed by atoms with Crippen LogP contribution < -0.4 is 15.8 Å². The van der Waals surface area contributed by atoms with Crippen molar-refractivity contribution >= 4 is 17.7 Å². The van der Waals surface area contributed by atoms with Crippen LogP contribution in [-0.4, -0.2) is 31.4 Å². The molecule has 0 fully saturated rings. The fourth-order valence-electron chi connectivity index (χ4n) is 1.56. The lowest BCUT2D eigenvalue weighted by Crippen LogP contribution is -2.41. The van der Waals surface area contributed by atoms with Crippen LogP contribution in [0.1, 0.15) is 13.3 Å². The van der Waals surface area contributed by atoms with E-state index in [0.717, 1.165) is 29.4 Å². The zero-order valence-electron chi connectivity index (χ0n) is 10.8. The molecule has 0 heterocycles. The zero-order valence-corrected chi connectivity index (χ0v) is 11.6. The van der Waals surface area contributed by atoms with Crippen LogP contribution in [0.4, 0.5) is 0 Å². The second kappa shape index (κ2) is 8.00. The molecule has 1 aromatic carbocycles. The van der Waals surface area contributed by atoms with Crippen molar-refractivity contribution in [1.29, 1.82) is 0 Å². The van der Waals surface area contributed by atoms with Crippen LogP contribution in [0.2, 0.25) is 0 Å². The first-order chi connectivity index (χ1) is 8.67. The van der Waals surface area contributed by atoms with Gasteiger partial charge in [-0.05, 0) is 43.0 Å². The maximum Gasteiger partial charge on any atom is 0.234 e. The van der Waals surface area contributed by atoms with Gasteiger partial charge in [0.05, 0.1) is 13.2 Å². The number of carbonyl (C=O) groups excluding carboxylic acids is 1. The summed E-state index contributed by atoms with van der Waals surface area (Å²) in [5.74, 6) is 1.42. The number of primary amides is 1. The van der Waals surface area contributed by atoms with Gasteiger partial charge in [0, 0.05) is 4.90 Å². The van der Waals surface area contributed by atoms with E-state index in [1.807, 2.05) is 31.2 Å². The van der Waals surface area contributed by atoms with E-state index >= 15 is 0 Å². The van der Waals surface area contributed by atoms with E-state index < -0.39 is 0 Å². The molecule has 1 atom stereocenters. The fourth-order valence-corrected chi connectivity index (χ4v) is 2.48. The SMILES string of the molecule is CCNC(CCSc1ccc(OC)cc1)C(N)=O. The molecule has 0 saturated carbocycles.